The number of hydrogen-bond donors (Lipinski definition) is 1. The van der Waals surface area contributed by atoms with Crippen molar-refractivity contribution in [2.75, 3.05) is 18.4 Å². The fourth-order valence-corrected chi connectivity index (χ4v) is 5.23. The van der Waals surface area contributed by atoms with Gasteiger partial charge in [0.15, 0.2) is 6.10 Å². The fraction of sp³-hybridized carbons (Fsp3) is 0.500. The maximum absolute atomic E-state index is 13.1. The van der Waals surface area contributed by atoms with E-state index in [1.165, 1.54) is 35.5 Å². The van der Waals surface area contributed by atoms with Gasteiger partial charge in [-0.05, 0) is 52.8 Å². The molecule has 3 unspecified atom stereocenters. The largest absolute Gasteiger partial charge is 0.449 e. The number of amides is 1. The number of sulfonamides is 1. The highest BCUT2D eigenvalue weighted by atomic mass is 32.2. The first-order valence-electron chi connectivity index (χ1n) is 10.8. The number of nitrogens with one attached hydrogen (secondary N) is 1. The van der Waals surface area contributed by atoms with Crippen LogP contribution >= 0.6 is 0 Å². The molecule has 11 heteroatoms. The van der Waals surface area contributed by atoms with Crippen LogP contribution < -0.4 is 5.32 Å². The molecule has 1 aromatic carbocycles. The molecule has 0 spiro atoms. The number of ether oxygens (including phenoxy) is 2. The van der Waals surface area contributed by atoms with Gasteiger partial charge in [0.05, 0.1) is 28.9 Å². The van der Waals surface area contributed by atoms with Crippen molar-refractivity contribution in [2.45, 2.75) is 63.9 Å². The van der Waals surface area contributed by atoms with Crippen LogP contribution in [-0.2, 0) is 24.3 Å². The maximum atomic E-state index is 13.1. The Morgan fingerprint density at radius 3 is 2.45 bits per heavy atom. The highest BCUT2D eigenvalue weighted by Gasteiger charge is 2.32. The van der Waals surface area contributed by atoms with Gasteiger partial charge in [-0.3, -0.25) is 4.79 Å². The fourth-order valence-electron chi connectivity index (χ4n) is 3.59. The second-order valence-corrected chi connectivity index (χ2v) is 10.3. The zero-order valence-corrected chi connectivity index (χ0v) is 20.2. The van der Waals surface area contributed by atoms with E-state index in [1.54, 1.807) is 16.9 Å². The summed E-state index contributed by atoms with van der Waals surface area (Å²) in [6, 6.07) is 7.30. The van der Waals surface area contributed by atoms with Gasteiger partial charge in [-0.1, -0.05) is 6.07 Å². The summed E-state index contributed by atoms with van der Waals surface area (Å²) >= 11 is 0. The minimum absolute atomic E-state index is 0.0174. The molecular weight excluding hydrogens is 448 g/mol. The van der Waals surface area contributed by atoms with Gasteiger partial charge in [-0.25, -0.2) is 17.9 Å². The molecule has 2 heterocycles. The van der Waals surface area contributed by atoms with Gasteiger partial charge < -0.3 is 14.8 Å². The van der Waals surface area contributed by atoms with E-state index in [-0.39, 0.29) is 41.8 Å². The van der Waals surface area contributed by atoms with Crippen molar-refractivity contribution in [3.05, 3.63) is 42.1 Å². The Kier molecular flexibility index (Phi) is 7.55. The van der Waals surface area contributed by atoms with Crippen molar-refractivity contribution in [3.63, 3.8) is 0 Å². The van der Waals surface area contributed by atoms with E-state index in [9.17, 15) is 18.0 Å². The van der Waals surface area contributed by atoms with E-state index < -0.39 is 28.0 Å². The standard InChI is InChI=1S/C22H30N4O6S/c1-14(2)26-20(9-10-23-26)24-21(27)17(5)32-22(28)18-7-6-8-19(11-18)33(29,30)25-12-15(3)31-16(4)13-25/h6-11,14-17H,12-13H2,1-5H3,(H,24,27). The molecule has 1 aromatic heterocycles. The molecule has 0 radical (unpaired) electrons. The van der Waals surface area contributed by atoms with Gasteiger partial charge in [0, 0.05) is 25.2 Å². The molecule has 1 fully saturated rings. The average molecular weight is 479 g/mol. The molecule has 2 aromatic rings. The van der Waals surface area contributed by atoms with Crippen LogP contribution in [0.2, 0.25) is 0 Å². The van der Waals surface area contributed by atoms with E-state index in [0.717, 1.165) is 0 Å². The quantitative estimate of drug-likeness (QED) is 0.607. The zero-order chi connectivity index (χ0) is 24.3. The summed E-state index contributed by atoms with van der Waals surface area (Å²) in [5.74, 6) is -0.832. The predicted molar refractivity (Wildman–Crippen MR) is 121 cm³/mol. The van der Waals surface area contributed by atoms with Crippen molar-refractivity contribution < 1.29 is 27.5 Å². The minimum atomic E-state index is -3.82. The lowest BCUT2D eigenvalue weighted by atomic mass is 10.2. The Balaban J connectivity index is 1.70. The van der Waals surface area contributed by atoms with Crippen molar-refractivity contribution in [1.29, 1.82) is 0 Å². The summed E-state index contributed by atoms with van der Waals surface area (Å²) in [5.41, 5.74) is 0.0392. The number of nitrogens with zero attached hydrogens (tertiary/aromatic N) is 3. The predicted octanol–water partition coefficient (Wildman–Crippen LogP) is 2.45. The molecule has 0 saturated carbocycles. The third kappa shape index (κ3) is 5.79. The molecule has 0 aliphatic carbocycles. The molecule has 180 valence electrons. The van der Waals surface area contributed by atoms with Crippen LogP contribution in [0.1, 0.15) is 51.0 Å². The number of anilines is 1. The lowest BCUT2D eigenvalue weighted by Gasteiger charge is -2.34. The lowest BCUT2D eigenvalue weighted by molar-refractivity contribution is -0.123. The number of morpholine rings is 1. The Hall–Kier alpha value is -2.76. The number of carbonyl (C=O) groups excluding carboxylic acids is 2. The van der Waals surface area contributed by atoms with E-state index in [1.807, 2.05) is 27.7 Å². The first kappa shape index (κ1) is 24.9. The van der Waals surface area contributed by atoms with E-state index >= 15 is 0 Å². The van der Waals surface area contributed by atoms with Crippen molar-refractivity contribution >= 4 is 27.7 Å². The average Bonchev–Trinajstić information content (AvgIpc) is 3.21. The molecule has 1 N–H and O–H groups in total. The number of aromatic nitrogens is 2. The highest BCUT2D eigenvalue weighted by Crippen LogP contribution is 2.22. The molecule has 33 heavy (non-hydrogen) atoms. The van der Waals surface area contributed by atoms with E-state index in [4.69, 9.17) is 9.47 Å². The molecule has 3 atom stereocenters. The van der Waals surface area contributed by atoms with Gasteiger partial charge in [-0.15, -0.1) is 0 Å². The van der Waals surface area contributed by atoms with Gasteiger partial charge >= 0.3 is 5.97 Å². The molecule has 3 rings (SSSR count). The van der Waals surface area contributed by atoms with Gasteiger partial charge in [0.2, 0.25) is 10.0 Å². The second kappa shape index (κ2) is 10.0. The Bertz CT molecular complexity index is 1100. The van der Waals surface area contributed by atoms with Crippen molar-refractivity contribution in [3.8, 4) is 0 Å². The normalized spacial score (nSPS) is 20.4. The number of benzene rings is 1. The Morgan fingerprint density at radius 1 is 1.15 bits per heavy atom. The molecule has 0 bridgehead atoms. The molecule has 10 nitrogen and oxygen atoms in total. The van der Waals surface area contributed by atoms with Crippen molar-refractivity contribution in [1.82, 2.24) is 14.1 Å². The Morgan fingerprint density at radius 2 is 1.82 bits per heavy atom. The number of esters is 1. The minimum Gasteiger partial charge on any atom is -0.449 e. The summed E-state index contributed by atoms with van der Waals surface area (Å²) in [7, 11) is -3.82. The van der Waals surface area contributed by atoms with E-state index in [2.05, 4.69) is 10.4 Å². The summed E-state index contributed by atoms with van der Waals surface area (Å²) in [6.45, 7) is 9.37. The monoisotopic (exact) mass is 478 g/mol. The number of rotatable bonds is 7. The third-order valence-electron chi connectivity index (χ3n) is 5.16. The summed E-state index contributed by atoms with van der Waals surface area (Å²) < 4.78 is 40.1. The van der Waals surface area contributed by atoms with Crippen LogP contribution in [0.3, 0.4) is 0 Å². The molecule has 1 saturated heterocycles. The third-order valence-corrected chi connectivity index (χ3v) is 6.98. The van der Waals surface area contributed by atoms with Crippen LogP contribution in [0.4, 0.5) is 5.82 Å². The lowest BCUT2D eigenvalue weighted by Crippen LogP contribution is -2.48. The molecular formula is C22H30N4O6S. The van der Waals surface area contributed by atoms with Crippen LogP contribution in [0, 0.1) is 0 Å². The van der Waals surface area contributed by atoms with Gasteiger partial charge in [0.1, 0.15) is 5.82 Å². The first-order chi connectivity index (χ1) is 15.5. The topological polar surface area (TPSA) is 120 Å². The SMILES string of the molecule is CC1CN(S(=O)(=O)c2cccc(C(=O)OC(C)C(=O)Nc3ccnn3C(C)C)c2)CC(C)O1. The highest BCUT2D eigenvalue weighted by molar-refractivity contribution is 7.89. The smallest absolute Gasteiger partial charge is 0.338 e. The van der Waals surface area contributed by atoms with Crippen molar-refractivity contribution in [2.24, 2.45) is 0 Å². The molecule has 1 amide bonds. The molecule has 1 aliphatic rings. The summed E-state index contributed by atoms with van der Waals surface area (Å²) in [6.07, 6.45) is -0.00550. The van der Waals surface area contributed by atoms with Crippen LogP contribution in [0.25, 0.3) is 0 Å². The van der Waals surface area contributed by atoms with Gasteiger partial charge in [0.25, 0.3) is 5.91 Å². The van der Waals surface area contributed by atoms with Crippen LogP contribution in [0.15, 0.2) is 41.4 Å². The first-order valence-corrected chi connectivity index (χ1v) is 12.2. The number of hydrogen-bond acceptors (Lipinski definition) is 7. The summed E-state index contributed by atoms with van der Waals surface area (Å²) in [5, 5.41) is 6.83. The number of carbonyl (C=O) groups is 2. The van der Waals surface area contributed by atoms with Gasteiger partial charge in [-0.2, -0.15) is 9.40 Å². The maximum Gasteiger partial charge on any atom is 0.338 e. The summed E-state index contributed by atoms with van der Waals surface area (Å²) in [4.78, 5) is 25.1. The van der Waals surface area contributed by atoms with E-state index in [0.29, 0.717) is 5.82 Å². The zero-order valence-electron chi connectivity index (χ0n) is 19.4. The van der Waals surface area contributed by atoms with Crippen LogP contribution in [0.5, 0.6) is 0 Å². The molecule has 1 aliphatic heterocycles. The van der Waals surface area contributed by atoms with Crippen LogP contribution in [-0.4, -0.2) is 65.8 Å². The second-order valence-electron chi connectivity index (χ2n) is 8.40. The Labute approximate surface area is 193 Å².